The van der Waals surface area contributed by atoms with E-state index in [9.17, 15) is 0 Å². The highest BCUT2D eigenvalue weighted by Crippen LogP contribution is 2.07. The smallest absolute Gasteiger partial charge is 0.0969 e. The normalized spacial score (nSPS) is 17.4. The van der Waals surface area contributed by atoms with Gasteiger partial charge in [-0.3, -0.25) is 0 Å². The van der Waals surface area contributed by atoms with Crippen molar-refractivity contribution in [1.82, 2.24) is 0 Å². The lowest BCUT2D eigenvalue weighted by atomic mass is 9.95. The van der Waals surface area contributed by atoms with Gasteiger partial charge in [-0.2, -0.15) is 0 Å². The predicted octanol–water partition coefficient (Wildman–Crippen LogP) is -0.113. The molecule has 0 aliphatic rings. The van der Waals surface area contributed by atoms with Gasteiger partial charge < -0.3 is 15.9 Å². The molecule has 0 bridgehead atoms. The Kier molecular flexibility index (Phi) is 5.29. The van der Waals surface area contributed by atoms with E-state index in [0.29, 0.717) is 0 Å². The van der Waals surface area contributed by atoms with Crippen molar-refractivity contribution in [3.8, 4) is 0 Å². The lowest BCUT2D eigenvalue weighted by Crippen LogP contribution is -2.50. The molecule has 4 heteroatoms. The zero-order valence-corrected chi connectivity index (χ0v) is 7.35. The molecule has 2 atom stereocenters. The van der Waals surface area contributed by atoms with Gasteiger partial charge in [-0.1, -0.05) is 0 Å². The Balaban J connectivity index is 0. The van der Waals surface area contributed by atoms with Crippen LogP contribution >= 0.6 is 12.4 Å². The molecule has 10 heavy (non-hydrogen) atoms. The highest BCUT2D eigenvalue weighted by atomic mass is 35.5. The molecular formula is C6H16ClNO2. The second kappa shape index (κ2) is 4.13. The molecule has 0 rings (SSSR count). The summed E-state index contributed by atoms with van der Waals surface area (Å²) >= 11 is 0. The van der Waals surface area contributed by atoms with Gasteiger partial charge in [0.1, 0.15) is 0 Å². The second-order valence-electron chi connectivity index (χ2n) is 3.01. The van der Waals surface area contributed by atoms with Crippen LogP contribution in [0, 0.1) is 0 Å². The van der Waals surface area contributed by atoms with Crippen molar-refractivity contribution >= 4 is 12.4 Å². The number of rotatable bonds is 2. The summed E-state index contributed by atoms with van der Waals surface area (Å²) in [4.78, 5) is 0. The van der Waals surface area contributed by atoms with Gasteiger partial charge in [-0.05, 0) is 20.8 Å². The Morgan fingerprint density at radius 2 is 1.60 bits per heavy atom. The first-order chi connectivity index (χ1) is 3.85. The topological polar surface area (TPSA) is 66.5 Å². The Labute approximate surface area is 67.6 Å². The summed E-state index contributed by atoms with van der Waals surface area (Å²) < 4.78 is 0. The molecule has 64 valence electrons. The average molecular weight is 170 g/mol. The van der Waals surface area contributed by atoms with Crippen LogP contribution in [0.15, 0.2) is 0 Å². The minimum atomic E-state index is -0.850. The molecule has 0 fully saturated rings. The van der Waals surface area contributed by atoms with Crippen LogP contribution in [0.1, 0.15) is 20.8 Å². The number of aliphatic hydroxyl groups is 2. The SMILES string of the molecule is CC(O)C(O)C(C)(C)N.Cl. The predicted molar refractivity (Wildman–Crippen MR) is 43.2 cm³/mol. The molecule has 0 radical (unpaired) electrons. The van der Waals surface area contributed by atoms with Crippen LogP contribution in [-0.4, -0.2) is 28.0 Å². The van der Waals surface area contributed by atoms with Crippen LogP contribution < -0.4 is 5.73 Å². The Bertz CT molecular complexity index is 90.2. The van der Waals surface area contributed by atoms with Crippen LogP contribution in [0.25, 0.3) is 0 Å². The van der Waals surface area contributed by atoms with Gasteiger partial charge in [0.2, 0.25) is 0 Å². The molecule has 0 aliphatic carbocycles. The molecule has 3 nitrogen and oxygen atoms in total. The number of aliphatic hydroxyl groups excluding tert-OH is 2. The van der Waals surface area contributed by atoms with Crippen molar-refractivity contribution in [3.05, 3.63) is 0 Å². The maximum atomic E-state index is 9.09. The van der Waals surface area contributed by atoms with Crippen molar-refractivity contribution in [2.45, 2.75) is 38.5 Å². The van der Waals surface area contributed by atoms with Gasteiger partial charge in [0.15, 0.2) is 0 Å². The summed E-state index contributed by atoms with van der Waals surface area (Å²) in [5.41, 5.74) is 4.76. The summed E-state index contributed by atoms with van der Waals surface area (Å²) in [6.07, 6.45) is -1.61. The highest BCUT2D eigenvalue weighted by Gasteiger charge is 2.26. The molecule has 0 aromatic heterocycles. The van der Waals surface area contributed by atoms with E-state index in [-0.39, 0.29) is 12.4 Å². The molecular weight excluding hydrogens is 154 g/mol. The van der Waals surface area contributed by atoms with Gasteiger partial charge in [0, 0.05) is 5.54 Å². The van der Waals surface area contributed by atoms with E-state index in [2.05, 4.69) is 0 Å². The number of hydrogen-bond acceptors (Lipinski definition) is 3. The van der Waals surface area contributed by atoms with Gasteiger partial charge >= 0.3 is 0 Å². The van der Waals surface area contributed by atoms with Crippen LogP contribution in [0.5, 0.6) is 0 Å². The minimum absolute atomic E-state index is 0. The maximum absolute atomic E-state index is 9.09. The average Bonchev–Trinajstić information content (AvgIpc) is 1.62. The van der Waals surface area contributed by atoms with E-state index in [1.165, 1.54) is 6.92 Å². The van der Waals surface area contributed by atoms with Crippen molar-refractivity contribution in [2.24, 2.45) is 5.73 Å². The molecule has 0 heterocycles. The van der Waals surface area contributed by atoms with Gasteiger partial charge in [0.25, 0.3) is 0 Å². The fraction of sp³-hybridized carbons (Fsp3) is 1.00. The minimum Gasteiger partial charge on any atom is -0.391 e. The second-order valence-corrected chi connectivity index (χ2v) is 3.01. The third-order valence-electron chi connectivity index (χ3n) is 1.22. The molecule has 0 saturated heterocycles. The Morgan fingerprint density at radius 1 is 1.30 bits per heavy atom. The lowest BCUT2D eigenvalue weighted by Gasteiger charge is -2.27. The summed E-state index contributed by atoms with van der Waals surface area (Å²) in [7, 11) is 0. The van der Waals surface area contributed by atoms with E-state index in [1.54, 1.807) is 13.8 Å². The molecule has 0 aromatic carbocycles. The van der Waals surface area contributed by atoms with E-state index >= 15 is 0 Å². The van der Waals surface area contributed by atoms with E-state index in [4.69, 9.17) is 15.9 Å². The van der Waals surface area contributed by atoms with Gasteiger partial charge in [-0.15, -0.1) is 12.4 Å². The fourth-order valence-electron chi connectivity index (χ4n) is 0.622. The molecule has 4 N–H and O–H groups in total. The van der Waals surface area contributed by atoms with E-state index < -0.39 is 17.7 Å². The number of halogens is 1. The number of nitrogens with two attached hydrogens (primary N) is 1. The fourth-order valence-corrected chi connectivity index (χ4v) is 0.622. The Morgan fingerprint density at radius 3 is 1.60 bits per heavy atom. The monoisotopic (exact) mass is 169 g/mol. The summed E-state index contributed by atoms with van der Waals surface area (Å²) in [5, 5.41) is 17.9. The van der Waals surface area contributed by atoms with Crippen LogP contribution in [0.4, 0.5) is 0 Å². The summed E-state index contributed by atoms with van der Waals surface area (Å²) in [6, 6.07) is 0. The first-order valence-electron chi connectivity index (χ1n) is 3.00. The molecule has 0 spiro atoms. The van der Waals surface area contributed by atoms with Crippen LogP contribution in [0.2, 0.25) is 0 Å². The van der Waals surface area contributed by atoms with Crippen LogP contribution in [-0.2, 0) is 0 Å². The highest BCUT2D eigenvalue weighted by molar-refractivity contribution is 5.85. The summed E-state index contributed by atoms with van der Waals surface area (Å²) in [6.45, 7) is 4.86. The van der Waals surface area contributed by atoms with Crippen molar-refractivity contribution in [1.29, 1.82) is 0 Å². The third-order valence-corrected chi connectivity index (χ3v) is 1.22. The molecule has 0 aliphatic heterocycles. The van der Waals surface area contributed by atoms with Crippen molar-refractivity contribution < 1.29 is 10.2 Å². The van der Waals surface area contributed by atoms with Crippen molar-refractivity contribution in [2.75, 3.05) is 0 Å². The Hall–Kier alpha value is 0.170. The van der Waals surface area contributed by atoms with E-state index in [1.807, 2.05) is 0 Å². The van der Waals surface area contributed by atoms with E-state index in [0.717, 1.165) is 0 Å². The quantitative estimate of drug-likeness (QED) is 0.541. The zero-order chi connectivity index (χ0) is 7.65. The molecule has 0 aromatic rings. The number of hydrogen-bond donors (Lipinski definition) is 3. The largest absolute Gasteiger partial charge is 0.391 e. The zero-order valence-electron chi connectivity index (χ0n) is 6.53. The van der Waals surface area contributed by atoms with Crippen molar-refractivity contribution in [3.63, 3.8) is 0 Å². The third kappa shape index (κ3) is 4.06. The summed E-state index contributed by atoms with van der Waals surface area (Å²) in [5.74, 6) is 0. The lowest BCUT2D eigenvalue weighted by molar-refractivity contribution is -0.00862. The van der Waals surface area contributed by atoms with Crippen LogP contribution in [0.3, 0.4) is 0 Å². The van der Waals surface area contributed by atoms with Gasteiger partial charge in [0.05, 0.1) is 12.2 Å². The first-order valence-corrected chi connectivity index (χ1v) is 3.00. The van der Waals surface area contributed by atoms with Gasteiger partial charge in [-0.25, -0.2) is 0 Å². The first kappa shape index (κ1) is 12.8. The maximum Gasteiger partial charge on any atom is 0.0969 e. The molecule has 0 amide bonds. The standard InChI is InChI=1S/C6H15NO2.ClH/c1-4(8)5(9)6(2,3)7;/h4-5,8-9H,7H2,1-3H3;1H. The molecule has 0 saturated carbocycles. The molecule has 2 unspecified atom stereocenters.